The summed E-state index contributed by atoms with van der Waals surface area (Å²) < 4.78 is 5.44. The molecule has 0 bridgehead atoms. The predicted octanol–water partition coefficient (Wildman–Crippen LogP) is 4.08. The number of carbonyl (C=O) groups is 2. The number of nitrogens with zero attached hydrogens (tertiary/aromatic N) is 2. The van der Waals surface area contributed by atoms with Crippen molar-refractivity contribution in [2.45, 2.75) is 25.5 Å². The van der Waals surface area contributed by atoms with E-state index < -0.39 is 5.25 Å². The maximum absolute atomic E-state index is 12.7. The lowest BCUT2D eigenvalue weighted by molar-refractivity contribution is -0.123. The lowest BCUT2D eigenvalue weighted by Gasteiger charge is -2.21. The second-order valence-corrected chi connectivity index (χ2v) is 8.03. The number of anilines is 1. The summed E-state index contributed by atoms with van der Waals surface area (Å²) >= 11 is 7.06. The Hall–Kier alpha value is -2.84. The average Bonchev–Trinajstić information content (AvgIpc) is 2.72. The van der Waals surface area contributed by atoms with Crippen molar-refractivity contribution >= 4 is 51.7 Å². The second kappa shape index (κ2) is 10.3. The van der Waals surface area contributed by atoms with Crippen LogP contribution in [0.25, 0.3) is 0 Å². The number of benzene rings is 2. The number of ether oxygens (including phenoxy) is 1. The standard InChI is InChI=1S/C21H21ClN4O3S/c1-3-29-17-6-4-5-16(11-17)23-20(28)18-12-19(27)24-21(30-18)26-25-13(2)14-7-9-15(22)10-8-14/h4-11,18H,3,12H2,1-2H3,(H,23,28)(H,24,26,27)/b25-13-/t18-/m1/s1. The van der Waals surface area contributed by atoms with Crippen molar-refractivity contribution in [3.8, 4) is 5.75 Å². The number of thioether (sulfide) groups is 1. The van der Waals surface area contributed by atoms with Gasteiger partial charge in [-0.05, 0) is 43.7 Å². The molecule has 1 saturated heterocycles. The minimum absolute atomic E-state index is 0.0561. The summed E-state index contributed by atoms with van der Waals surface area (Å²) in [5, 5.41) is 14.1. The summed E-state index contributed by atoms with van der Waals surface area (Å²) in [5.74, 6) is 0.100. The Morgan fingerprint density at radius 3 is 2.80 bits per heavy atom. The largest absolute Gasteiger partial charge is 0.494 e. The molecule has 156 valence electrons. The summed E-state index contributed by atoms with van der Waals surface area (Å²) in [5.41, 5.74) is 2.13. The first-order valence-corrected chi connectivity index (χ1v) is 10.6. The van der Waals surface area contributed by atoms with Crippen LogP contribution in [0.4, 0.5) is 5.69 Å². The smallest absolute Gasteiger partial charge is 0.238 e. The molecule has 1 fully saturated rings. The van der Waals surface area contributed by atoms with E-state index in [0.29, 0.717) is 28.8 Å². The van der Waals surface area contributed by atoms with Crippen LogP contribution < -0.4 is 15.4 Å². The zero-order valence-electron chi connectivity index (χ0n) is 16.5. The van der Waals surface area contributed by atoms with E-state index in [1.807, 2.05) is 25.1 Å². The minimum atomic E-state index is -0.612. The Morgan fingerprint density at radius 1 is 1.30 bits per heavy atom. The van der Waals surface area contributed by atoms with Crippen molar-refractivity contribution in [1.29, 1.82) is 0 Å². The monoisotopic (exact) mass is 444 g/mol. The van der Waals surface area contributed by atoms with Crippen molar-refractivity contribution in [2.24, 2.45) is 10.2 Å². The molecule has 7 nitrogen and oxygen atoms in total. The average molecular weight is 445 g/mol. The highest BCUT2D eigenvalue weighted by atomic mass is 35.5. The first kappa shape index (κ1) is 21.9. The molecule has 0 spiro atoms. The summed E-state index contributed by atoms with van der Waals surface area (Å²) in [6.45, 7) is 4.23. The quantitative estimate of drug-likeness (QED) is 0.518. The molecule has 2 N–H and O–H groups in total. The molecule has 2 aromatic rings. The third kappa shape index (κ3) is 6.08. The Kier molecular flexibility index (Phi) is 7.48. The van der Waals surface area contributed by atoms with Crippen LogP contribution in [0, 0.1) is 0 Å². The van der Waals surface area contributed by atoms with Gasteiger partial charge in [-0.25, -0.2) is 0 Å². The first-order chi connectivity index (χ1) is 14.4. The number of hydrogen-bond acceptors (Lipinski definition) is 6. The molecule has 2 amide bonds. The molecule has 0 aromatic heterocycles. The molecule has 0 aliphatic carbocycles. The van der Waals surface area contributed by atoms with Gasteiger partial charge in [0.1, 0.15) is 11.0 Å². The summed E-state index contributed by atoms with van der Waals surface area (Å²) in [6, 6.07) is 14.3. The number of hydrogen-bond donors (Lipinski definition) is 2. The number of amidine groups is 1. The molecule has 9 heteroatoms. The SMILES string of the molecule is CCOc1cccc(NC(=O)[C@H]2CC(=O)N/C(=N/N=C(/C)c3ccc(Cl)cc3)S2)c1. The van der Waals surface area contributed by atoms with E-state index >= 15 is 0 Å². The van der Waals surface area contributed by atoms with E-state index in [4.69, 9.17) is 16.3 Å². The highest BCUT2D eigenvalue weighted by molar-refractivity contribution is 8.15. The van der Waals surface area contributed by atoms with Crippen molar-refractivity contribution in [3.05, 3.63) is 59.1 Å². The van der Waals surface area contributed by atoms with Gasteiger partial charge in [-0.15, -0.1) is 5.10 Å². The van der Waals surface area contributed by atoms with Crippen LogP contribution in [0.1, 0.15) is 25.8 Å². The van der Waals surface area contributed by atoms with Crippen molar-refractivity contribution in [2.75, 3.05) is 11.9 Å². The first-order valence-electron chi connectivity index (χ1n) is 9.33. The van der Waals surface area contributed by atoms with Gasteiger partial charge in [-0.1, -0.05) is 41.6 Å². The zero-order valence-corrected chi connectivity index (χ0v) is 18.1. The van der Waals surface area contributed by atoms with Gasteiger partial charge in [-0.2, -0.15) is 5.10 Å². The minimum Gasteiger partial charge on any atom is -0.494 e. The fourth-order valence-corrected chi connectivity index (χ4v) is 3.72. The highest BCUT2D eigenvalue weighted by Crippen LogP contribution is 2.24. The Balaban J connectivity index is 1.68. The van der Waals surface area contributed by atoms with Crippen LogP contribution in [0.5, 0.6) is 5.75 Å². The van der Waals surface area contributed by atoms with E-state index in [2.05, 4.69) is 20.8 Å². The molecule has 1 atom stereocenters. The second-order valence-electron chi connectivity index (χ2n) is 6.41. The Morgan fingerprint density at radius 2 is 2.07 bits per heavy atom. The predicted molar refractivity (Wildman–Crippen MR) is 121 cm³/mol. The zero-order chi connectivity index (χ0) is 21.5. The molecular formula is C21H21ClN4O3S. The van der Waals surface area contributed by atoms with E-state index in [0.717, 1.165) is 17.3 Å². The Labute approximate surface area is 183 Å². The summed E-state index contributed by atoms with van der Waals surface area (Å²) in [6.07, 6.45) is 0.0561. The molecule has 30 heavy (non-hydrogen) atoms. The third-order valence-electron chi connectivity index (χ3n) is 4.13. The Bertz CT molecular complexity index is 992. The molecule has 3 rings (SSSR count). The van der Waals surface area contributed by atoms with Crippen LogP contribution in [-0.2, 0) is 9.59 Å². The molecule has 1 aliphatic heterocycles. The van der Waals surface area contributed by atoms with Gasteiger partial charge in [0.05, 0.1) is 12.3 Å². The normalized spacial score (nSPS) is 18.1. The summed E-state index contributed by atoms with van der Waals surface area (Å²) in [4.78, 5) is 24.7. The van der Waals surface area contributed by atoms with Crippen LogP contribution in [0.15, 0.2) is 58.7 Å². The molecule has 0 unspecified atom stereocenters. The van der Waals surface area contributed by atoms with Gasteiger partial charge in [0.2, 0.25) is 11.8 Å². The van der Waals surface area contributed by atoms with E-state index in [1.165, 1.54) is 0 Å². The number of carbonyl (C=O) groups excluding carboxylic acids is 2. The fourth-order valence-electron chi connectivity index (χ4n) is 2.66. The number of halogens is 1. The molecule has 2 aromatic carbocycles. The van der Waals surface area contributed by atoms with Gasteiger partial charge in [0.25, 0.3) is 0 Å². The van der Waals surface area contributed by atoms with Gasteiger partial charge in [0, 0.05) is 23.2 Å². The van der Waals surface area contributed by atoms with E-state index in [1.54, 1.807) is 37.3 Å². The molecule has 0 saturated carbocycles. The fraction of sp³-hybridized carbons (Fsp3) is 0.238. The van der Waals surface area contributed by atoms with E-state index in [-0.39, 0.29) is 23.4 Å². The van der Waals surface area contributed by atoms with Crippen LogP contribution in [0.2, 0.25) is 5.02 Å². The maximum atomic E-state index is 12.7. The lowest BCUT2D eigenvalue weighted by Crippen LogP contribution is -2.41. The van der Waals surface area contributed by atoms with Crippen molar-refractivity contribution in [1.82, 2.24) is 5.32 Å². The molecule has 1 heterocycles. The van der Waals surface area contributed by atoms with Gasteiger partial charge >= 0.3 is 0 Å². The molecular weight excluding hydrogens is 424 g/mol. The van der Waals surface area contributed by atoms with Crippen molar-refractivity contribution in [3.63, 3.8) is 0 Å². The van der Waals surface area contributed by atoms with Crippen LogP contribution in [-0.4, -0.2) is 34.6 Å². The molecule has 0 radical (unpaired) electrons. The number of amides is 2. The van der Waals surface area contributed by atoms with Gasteiger partial charge < -0.3 is 15.4 Å². The maximum Gasteiger partial charge on any atom is 0.238 e. The lowest BCUT2D eigenvalue weighted by atomic mass is 10.1. The number of nitrogens with one attached hydrogen (secondary N) is 2. The number of rotatable bonds is 6. The van der Waals surface area contributed by atoms with Crippen LogP contribution >= 0.6 is 23.4 Å². The van der Waals surface area contributed by atoms with Gasteiger partial charge in [0.15, 0.2) is 5.17 Å². The van der Waals surface area contributed by atoms with Crippen molar-refractivity contribution < 1.29 is 14.3 Å². The van der Waals surface area contributed by atoms with Crippen LogP contribution in [0.3, 0.4) is 0 Å². The van der Waals surface area contributed by atoms with E-state index in [9.17, 15) is 9.59 Å². The van der Waals surface area contributed by atoms with Gasteiger partial charge in [-0.3, -0.25) is 9.59 Å². The third-order valence-corrected chi connectivity index (χ3v) is 5.45. The topological polar surface area (TPSA) is 92.1 Å². The highest BCUT2D eigenvalue weighted by Gasteiger charge is 2.30. The summed E-state index contributed by atoms with van der Waals surface area (Å²) in [7, 11) is 0. The molecule has 1 aliphatic rings.